The molecule has 1 aliphatic rings. The van der Waals surface area contributed by atoms with Crippen LogP contribution >= 0.6 is 15.9 Å². The van der Waals surface area contributed by atoms with Crippen LogP contribution in [0.15, 0.2) is 53.0 Å². The molecule has 148 valence electrons. The van der Waals surface area contributed by atoms with Crippen LogP contribution in [-0.2, 0) is 9.59 Å². The van der Waals surface area contributed by atoms with E-state index in [-0.39, 0.29) is 18.4 Å². The van der Waals surface area contributed by atoms with Gasteiger partial charge in [-0.2, -0.15) is 0 Å². The number of carbonyl (C=O) groups is 2. The van der Waals surface area contributed by atoms with Gasteiger partial charge in [0.05, 0.1) is 0 Å². The summed E-state index contributed by atoms with van der Waals surface area (Å²) in [5.41, 5.74) is 1.82. The number of nitrogens with zero attached hydrogens (tertiary/aromatic N) is 2. The molecule has 1 fully saturated rings. The summed E-state index contributed by atoms with van der Waals surface area (Å²) in [6.07, 6.45) is 0.555. The molecule has 0 saturated carbocycles. The Balaban J connectivity index is 1.47. The van der Waals surface area contributed by atoms with Gasteiger partial charge < -0.3 is 19.9 Å². The van der Waals surface area contributed by atoms with E-state index < -0.39 is 0 Å². The van der Waals surface area contributed by atoms with Gasteiger partial charge in [0, 0.05) is 48.4 Å². The SMILES string of the molecule is CCC(=O)N1CCN(c2ccc(NC(=O)COc3ccc(Br)cc3)cc2)CC1. The molecule has 0 bridgehead atoms. The fraction of sp³-hybridized carbons (Fsp3) is 0.333. The van der Waals surface area contributed by atoms with Crippen LogP contribution in [0.25, 0.3) is 0 Å². The first kappa shape index (κ1) is 20.2. The number of hydrogen-bond acceptors (Lipinski definition) is 4. The molecule has 1 heterocycles. The number of halogens is 1. The zero-order valence-corrected chi connectivity index (χ0v) is 17.4. The standard InChI is InChI=1S/C21H24BrN3O3/c1-2-21(27)25-13-11-24(12-14-25)18-7-5-17(6-8-18)23-20(26)15-28-19-9-3-16(22)4-10-19/h3-10H,2,11-15H2,1H3,(H,23,26). The van der Waals surface area contributed by atoms with Crippen molar-refractivity contribution in [2.75, 3.05) is 43.0 Å². The van der Waals surface area contributed by atoms with E-state index >= 15 is 0 Å². The van der Waals surface area contributed by atoms with Crippen molar-refractivity contribution in [1.82, 2.24) is 4.90 Å². The van der Waals surface area contributed by atoms with Crippen LogP contribution in [0.4, 0.5) is 11.4 Å². The van der Waals surface area contributed by atoms with Crippen molar-refractivity contribution < 1.29 is 14.3 Å². The molecule has 0 atom stereocenters. The molecule has 1 N–H and O–H groups in total. The number of nitrogens with one attached hydrogen (secondary N) is 1. The van der Waals surface area contributed by atoms with E-state index in [2.05, 4.69) is 26.1 Å². The summed E-state index contributed by atoms with van der Waals surface area (Å²) < 4.78 is 6.44. The molecule has 3 rings (SSSR count). The minimum atomic E-state index is -0.206. The van der Waals surface area contributed by atoms with Gasteiger partial charge in [-0.3, -0.25) is 9.59 Å². The predicted molar refractivity (Wildman–Crippen MR) is 114 cm³/mol. The Morgan fingerprint density at radius 1 is 1.00 bits per heavy atom. The zero-order chi connectivity index (χ0) is 19.9. The summed E-state index contributed by atoms with van der Waals surface area (Å²) in [4.78, 5) is 28.0. The van der Waals surface area contributed by atoms with E-state index in [4.69, 9.17) is 4.74 Å². The number of carbonyl (C=O) groups excluding carboxylic acids is 2. The molecule has 1 aliphatic heterocycles. The molecule has 0 aliphatic carbocycles. The van der Waals surface area contributed by atoms with Gasteiger partial charge in [-0.1, -0.05) is 22.9 Å². The molecule has 2 amide bonds. The largest absolute Gasteiger partial charge is 0.484 e. The monoisotopic (exact) mass is 445 g/mol. The fourth-order valence-electron chi connectivity index (χ4n) is 3.07. The number of amides is 2. The van der Waals surface area contributed by atoms with Gasteiger partial charge in [0.25, 0.3) is 5.91 Å². The number of anilines is 2. The third-order valence-corrected chi connectivity index (χ3v) is 5.16. The Kier molecular flexibility index (Phi) is 6.92. The molecule has 0 aromatic heterocycles. The van der Waals surface area contributed by atoms with Crippen LogP contribution < -0.4 is 15.0 Å². The van der Waals surface area contributed by atoms with E-state index in [0.717, 1.165) is 42.0 Å². The lowest BCUT2D eigenvalue weighted by molar-refractivity contribution is -0.131. The quantitative estimate of drug-likeness (QED) is 0.738. The first-order valence-electron chi connectivity index (χ1n) is 9.36. The molecule has 2 aromatic carbocycles. The molecule has 7 heteroatoms. The minimum absolute atomic E-state index is 0.0448. The number of hydrogen-bond donors (Lipinski definition) is 1. The van der Waals surface area contributed by atoms with Crippen molar-refractivity contribution >= 4 is 39.1 Å². The molecule has 6 nitrogen and oxygen atoms in total. The molecule has 0 unspecified atom stereocenters. The highest BCUT2D eigenvalue weighted by atomic mass is 79.9. The van der Waals surface area contributed by atoms with Crippen LogP contribution in [-0.4, -0.2) is 49.5 Å². The highest BCUT2D eigenvalue weighted by Crippen LogP contribution is 2.20. The second-order valence-electron chi connectivity index (χ2n) is 6.56. The van der Waals surface area contributed by atoms with E-state index in [1.54, 1.807) is 12.1 Å². The summed E-state index contributed by atoms with van der Waals surface area (Å²) in [5, 5.41) is 2.84. The maximum absolute atomic E-state index is 12.1. The second kappa shape index (κ2) is 9.59. The average Bonchev–Trinajstić information content (AvgIpc) is 2.73. The molecule has 0 radical (unpaired) electrons. The number of rotatable bonds is 6. The normalized spacial score (nSPS) is 13.9. The number of piperazine rings is 1. The molecule has 0 spiro atoms. The number of ether oxygens (including phenoxy) is 1. The van der Waals surface area contributed by atoms with Crippen LogP contribution in [0.5, 0.6) is 5.75 Å². The van der Waals surface area contributed by atoms with Crippen LogP contribution in [0, 0.1) is 0 Å². The van der Waals surface area contributed by atoms with Gasteiger partial charge in [-0.05, 0) is 48.5 Å². The van der Waals surface area contributed by atoms with Gasteiger partial charge in [0.15, 0.2) is 6.61 Å². The van der Waals surface area contributed by atoms with E-state index in [1.807, 2.05) is 48.2 Å². The maximum atomic E-state index is 12.1. The Morgan fingerprint density at radius 2 is 1.64 bits per heavy atom. The third-order valence-electron chi connectivity index (χ3n) is 4.63. The predicted octanol–water partition coefficient (Wildman–Crippen LogP) is 3.53. The highest BCUT2D eigenvalue weighted by Gasteiger charge is 2.20. The van der Waals surface area contributed by atoms with Crippen LogP contribution in [0.2, 0.25) is 0 Å². The van der Waals surface area contributed by atoms with Crippen molar-refractivity contribution in [3.05, 3.63) is 53.0 Å². The van der Waals surface area contributed by atoms with Gasteiger partial charge in [0.2, 0.25) is 5.91 Å². The fourth-order valence-corrected chi connectivity index (χ4v) is 3.33. The Labute approximate surface area is 173 Å². The van der Waals surface area contributed by atoms with Crippen molar-refractivity contribution in [1.29, 1.82) is 0 Å². The zero-order valence-electron chi connectivity index (χ0n) is 15.9. The third kappa shape index (κ3) is 5.48. The smallest absolute Gasteiger partial charge is 0.262 e. The Morgan fingerprint density at radius 3 is 2.25 bits per heavy atom. The minimum Gasteiger partial charge on any atom is -0.484 e. The first-order chi connectivity index (χ1) is 13.5. The summed E-state index contributed by atoms with van der Waals surface area (Å²) in [7, 11) is 0. The molecular weight excluding hydrogens is 422 g/mol. The number of benzene rings is 2. The molecular formula is C21H24BrN3O3. The van der Waals surface area contributed by atoms with E-state index in [9.17, 15) is 9.59 Å². The Bertz CT molecular complexity index is 801. The van der Waals surface area contributed by atoms with Crippen molar-refractivity contribution in [2.24, 2.45) is 0 Å². The van der Waals surface area contributed by atoms with E-state index in [1.165, 1.54) is 0 Å². The lowest BCUT2D eigenvalue weighted by Crippen LogP contribution is -2.48. The lowest BCUT2D eigenvalue weighted by Gasteiger charge is -2.36. The molecule has 28 heavy (non-hydrogen) atoms. The molecule has 2 aromatic rings. The maximum Gasteiger partial charge on any atom is 0.262 e. The Hall–Kier alpha value is -2.54. The van der Waals surface area contributed by atoms with Gasteiger partial charge in [-0.15, -0.1) is 0 Å². The average molecular weight is 446 g/mol. The van der Waals surface area contributed by atoms with Crippen LogP contribution in [0.1, 0.15) is 13.3 Å². The van der Waals surface area contributed by atoms with Gasteiger partial charge >= 0.3 is 0 Å². The summed E-state index contributed by atoms with van der Waals surface area (Å²) in [6.45, 7) is 4.98. The van der Waals surface area contributed by atoms with Crippen molar-refractivity contribution in [3.63, 3.8) is 0 Å². The molecule has 1 saturated heterocycles. The summed E-state index contributed by atoms with van der Waals surface area (Å²) in [6, 6.07) is 15.1. The van der Waals surface area contributed by atoms with E-state index in [0.29, 0.717) is 12.2 Å². The summed E-state index contributed by atoms with van der Waals surface area (Å²) in [5.74, 6) is 0.653. The topological polar surface area (TPSA) is 61.9 Å². The van der Waals surface area contributed by atoms with Gasteiger partial charge in [-0.25, -0.2) is 0 Å². The van der Waals surface area contributed by atoms with Crippen molar-refractivity contribution in [2.45, 2.75) is 13.3 Å². The highest BCUT2D eigenvalue weighted by molar-refractivity contribution is 9.10. The second-order valence-corrected chi connectivity index (χ2v) is 7.47. The summed E-state index contributed by atoms with van der Waals surface area (Å²) >= 11 is 3.36. The first-order valence-corrected chi connectivity index (χ1v) is 10.2. The van der Waals surface area contributed by atoms with Gasteiger partial charge in [0.1, 0.15) is 5.75 Å². The van der Waals surface area contributed by atoms with Crippen LogP contribution in [0.3, 0.4) is 0 Å². The lowest BCUT2D eigenvalue weighted by atomic mass is 10.2. The van der Waals surface area contributed by atoms with Crippen molar-refractivity contribution in [3.8, 4) is 5.75 Å².